The van der Waals surface area contributed by atoms with Crippen molar-refractivity contribution < 1.29 is 0 Å². The summed E-state index contributed by atoms with van der Waals surface area (Å²) < 4.78 is 0.847. The second kappa shape index (κ2) is 5.97. The quantitative estimate of drug-likeness (QED) is 0.820. The second-order valence-electron chi connectivity index (χ2n) is 5.23. The van der Waals surface area contributed by atoms with E-state index in [2.05, 4.69) is 57.0 Å². The summed E-state index contributed by atoms with van der Waals surface area (Å²) >= 11 is 3.43. The number of aromatic nitrogens is 2. The first kappa shape index (κ1) is 13.7. The number of anilines is 1. The van der Waals surface area contributed by atoms with E-state index in [1.807, 2.05) is 6.07 Å². The summed E-state index contributed by atoms with van der Waals surface area (Å²) in [6.45, 7) is 6.19. The SMILES string of the molecule is CC(C)c1nc(Br)cc(NCCN(C)C2CC2)n1. The molecule has 1 aromatic rings. The Bertz CT molecular complexity index is 404. The first-order valence-corrected chi connectivity index (χ1v) is 7.34. The van der Waals surface area contributed by atoms with E-state index >= 15 is 0 Å². The lowest BCUT2D eigenvalue weighted by Crippen LogP contribution is -2.27. The molecule has 2 rings (SSSR count). The molecule has 0 aliphatic heterocycles. The van der Waals surface area contributed by atoms with Crippen molar-refractivity contribution in [3.8, 4) is 0 Å². The zero-order valence-corrected chi connectivity index (χ0v) is 12.9. The first-order chi connectivity index (χ1) is 8.56. The maximum atomic E-state index is 4.52. The molecule has 1 aliphatic rings. The summed E-state index contributed by atoms with van der Waals surface area (Å²) in [7, 11) is 2.19. The molecule has 0 saturated heterocycles. The molecule has 1 fully saturated rings. The summed E-state index contributed by atoms with van der Waals surface area (Å²) in [5.41, 5.74) is 0. The van der Waals surface area contributed by atoms with Crippen molar-refractivity contribution in [2.24, 2.45) is 0 Å². The third kappa shape index (κ3) is 3.92. The summed E-state index contributed by atoms with van der Waals surface area (Å²) in [6.07, 6.45) is 2.71. The second-order valence-corrected chi connectivity index (χ2v) is 6.04. The van der Waals surface area contributed by atoms with Crippen LogP contribution in [0.25, 0.3) is 0 Å². The predicted octanol–water partition coefficient (Wildman–Crippen LogP) is 2.87. The first-order valence-electron chi connectivity index (χ1n) is 6.55. The van der Waals surface area contributed by atoms with E-state index in [1.165, 1.54) is 12.8 Å². The fourth-order valence-electron chi connectivity index (χ4n) is 1.84. The van der Waals surface area contributed by atoms with E-state index in [0.29, 0.717) is 5.92 Å². The maximum Gasteiger partial charge on any atom is 0.134 e. The maximum absolute atomic E-state index is 4.52. The van der Waals surface area contributed by atoms with Gasteiger partial charge in [-0.1, -0.05) is 13.8 Å². The number of hydrogen-bond acceptors (Lipinski definition) is 4. The number of nitrogens with one attached hydrogen (secondary N) is 1. The normalized spacial score (nSPS) is 15.4. The molecule has 0 amide bonds. The van der Waals surface area contributed by atoms with Crippen LogP contribution in [0.15, 0.2) is 10.7 Å². The Morgan fingerprint density at radius 3 is 2.78 bits per heavy atom. The highest BCUT2D eigenvalue weighted by molar-refractivity contribution is 9.10. The van der Waals surface area contributed by atoms with Crippen molar-refractivity contribution in [3.05, 3.63) is 16.5 Å². The van der Waals surface area contributed by atoms with Gasteiger partial charge in [0.25, 0.3) is 0 Å². The summed E-state index contributed by atoms with van der Waals surface area (Å²) in [5, 5.41) is 3.37. The van der Waals surface area contributed by atoms with Crippen molar-refractivity contribution in [3.63, 3.8) is 0 Å². The molecule has 1 aliphatic carbocycles. The van der Waals surface area contributed by atoms with Gasteiger partial charge in [-0.15, -0.1) is 0 Å². The van der Waals surface area contributed by atoms with Gasteiger partial charge in [-0.25, -0.2) is 9.97 Å². The molecule has 5 heteroatoms. The highest BCUT2D eigenvalue weighted by Gasteiger charge is 2.25. The van der Waals surface area contributed by atoms with Crippen molar-refractivity contribution in [2.75, 3.05) is 25.5 Å². The standard InChI is InChI=1S/C13H21BrN4/c1-9(2)13-16-11(14)8-12(17-13)15-6-7-18(3)10-4-5-10/h8-10H,4-7H2,1-3H3,(H,15,16,17). The molecule has 0 aromatic carbocycles. The molecule has 1 N–H and O–H groups in total. The molecule has 0 spiro atoms. The van der Waals surface area contributed by atoms with Crippen LogP contribution in [0.3, 0.4) is 0 Å². The average molecular weight is 313 g/mol. The Hall–Kier alpha value is -0.680. The van der Waals surface area contributed by atoms with Gasteiger partial charge < -0.3 is 10.2 Å². The third-order valence-electron chi connectivity index (χ3n) is 3.17. The fourth-order valence-corrected chi connectivity index (χ4v) is 2.24. The molecule has 4 nitrogen and oxygen atoms in total. The van der Waals surface area contributed by atoms with Crippen LogP contribution < -0.4 is 5.32 Å². The third-order valence-corrected chi connectivity index (χ3v) is 3.58. The van der Waals surface area contributed by atoms with Crippen LogP contribution in [0.4, 0.5) is 5.82 Å². The Kier molecular flexibility index (Phi) is 4.56. The highest BCUT2D eigenvalue weighted by Crippen LogP contribution is 2.24. The van der Waals surface area contributed by atoms with Crippen LogP contribution in [0.1, 0.15) is 38.4 Å². The van der Waals surface area contributed by atoms with Crippen molar-refractivity contribution in [1.82, 2.24) is 14.9 Å². The van der Waals surface area contributed by atoms with Gasteiger partial charge in [-0.05, 0) is 35.8 Å². The van der Waals surface area contributed by atoms with Crippen LogP contribution in [0.5, 0.6) is 0 Å². The Labute approximate surface area is 117 Å². The van der Waals surface area contributed by atoms with Gasteiger partial charge in [-0.3, -0.25) is 0 Å². The van der Waals surface area contributed by atoms with E-state index in [4.69, 9.17) is 0 Å². The van der Waals surface area contributed by atoms with Gasteiger partial charge in [-0.2, -0.15) is 0 Å². The molecule has 0 atom stereocenters. The monoisotopic (exact) mass is 312 g/mol. The minimum atomic E-state index is 0.345. The van der Waals surface area contributed by atoms with Gasteiger partial charge in [0.15, 0.2) is 0 Å². The van der Waals surface area contributed by atoms with Crippen molar-refractivity contribution in [1.29, 1.82) is 0 Å². The van der Waals surface area contributed by atoms with E-state index in [1.54, 1.807) is 0 Å². The van der Waals surface area contributed by atoms with E-state index < -0.39 is 0 Å². The number of rotatable bonds is 6. The molecule has 0 bridgehead atoms. The van der Waals surface area contributed by atoms with Crippen molar-refractivity contribution >= 4 is 21.7 Å². The number of hydrogen-bond donors (Lipinski definition) is 1. The fraction of sp³-hybridized carbons (Fsp3) is 0.692. The molecule has 100 valence electrons. The predicted molar refractivity (Wildman–Crippen MR) is 78.0 cm³/mol. The van der Waals surface area contributed by atoms with Crippen LogP contribution in [-0.4, -0.2) is 41.0 Å². The number of nitrogens with zero attached hydrogens (tertiary/aromatic N) is 3. The highest BCUT2D eigenvalue weighted by atomic mass is 79.9. The van der Waals surface area contributed by atoms with Crippen molar-refractivity contribution in [2.45, 2.75) is 38.6 Å². The van der Waals surface area contributed by atoms with E-state index in [-0.39, 0.29) is 0 Å². The lowest BCUT2D eigenvalue weighted by atomic mass is 10.2. The minimum absolute atomic E-state index is 0.345. The van der Waals surface area contributed by atoms with Gasteiger partial charge in [0.2, 0.25) is 0 Å². The molecular weight excluding hydrogens is 292 g/mol. The topological polar surface area (TPSA) is 41.1 Å². The molecule has 1 heterocycles. The van der Waals surface area contributed by atoms with Gasteiger partial charge in [0.1, 0.15) is 16.2 Å². The van der Waals surface area contributed by atoms with Crippen LogP contribution in [0.2, 0.25) is 0 Å². The molecule has 0 unspecified atom stereocenters. The van der Waals surface area contributed by atoms with E-state index in [9.17, 15) is 0 Å². The molecule has 18 heavy (non-hydrogen) atoms. The average Bonchev–Trinajstić information content (AvgIpc) is 3.11. The Balaban J connectivity index is 1.87. The van der Waals surface area contributed by atoms with E-state index in [0.717, 1.165) is 35.4 Å². The van der Waals surface area contributed by atoms with Gasteiger partial charge in [0.05, 0.1) is 0 Å². The summed E-state index contributed by atoms with van der Waals surface area (Å²) in [5.74, 6) is 2.13. The van der Waals surface area contributed by atoms with Crippen LogP contribution in [0, 0.1) is 0 Å². The zero-order chi connectivity index (χ0) is 13.1. The molecule has 1 saturated carbocycles. The Morgan fingerprint density at radius 2 is 2.17 bits per heavy atom. The van der Waals surface area contributed by atoms with Gasteiger partial charge >= 0.3 is 0 Å². The largest absolute Gasteiger partial charge is 0.369 e. The Morgan fingerprint density at radius 1 is 1.44 bits per heavy atom. The van der Waals surface area contributed by atoms with Crippen LogP contribution >= 0.6 is 15.9 Å². The molecule has 0 radical (unpaired) electrons. The molecule has 1 aromatic heterocycles. The van der Waals surface area contributed by atoms with Gasteiger partial charge in [0, 0.05) is 31.1 Å². The number of likely N-dealkylation sites (N-methyl/N-ethyl adjacent to an activating group) is 1. The summed E-state index contributed by atoms with van der Waals surface area (Å²) in [4.78, 5) is 11.3. The number of halogens is 1. The van der Waals surface area contributed by atoms with Crippen LogP contribution in [-0.2, 0) is 0 Å². The zero-order valence-electron chi connectivity index (χ0n) is 11.3. The molecular formula is C13H21BrN4. The smallest absolute Gasteiger partial charge is 0.134 e. The lowest BCUT2D eigenvalue weighted by Gasteiger charge is -2.16. The minimum Gasteiger partial charge on any atom is -0.369 e. The lowest BCUT2D eigenvalue weighted by molar-refractivity contribution is 0.337. The summed E-state index contributed by atoms with van der Waals surface area (Å²) in [6, 6.07) is 2.75.